The monoisotopic (exact) mass is 399 g/mol. The first-order chi connectivity index (χ1) is 13.6. The number of thiophene rings is 1. The first-order valence-corrected chi connectivity index (χ1v) is 10.2. The van der Waals surface area contributed by atoms with Gasteiger partial charge < -0.3 is 10.2 Å². The third-order valence-corrected chi connectivity index (χ3v) is 6.27. The van der Waals surface area contributed by atoms with Gasteiger partial charge in [0.1, 0.15) is 29.8 Å². The van der Waals surface area contributed by atoms with Crippen LogP contribution >= 0.6 is 11.3 Å². The second-order valence-electron chi connectivity index (χ2n) is 6.98. The van der Waals surface area contributed by atoms with Gasteiger partial charge in [0.05, 0.1) is 18.0 Å². The number of halogens is 2. The Morgan fingerprint density at radius 3 is 2.50 bits per heavy atom. The van der Waals surface area contributed by atoms with E-state index in [4.69, 9.17) is 0 Å². The summed E-state index contributed by atoms with van der Waals surface area (Å²) in [5.74, 6) is -2.40. The van der Waals surface area contributed by atoms with Gasteiger partial charge in [0.15, 0.2) is 0 Å². The molecule has 0 saturated carbocycles. The maximum atomic E-state index is 13.9. The zero-order valence-corrected chi connectivity index (χ0v) is 16.1. The summed E-state index contributed by atoms with van der Waals surface area (Å²) in [6.07, 6.45) is 0.975. The number of rotatable bonds is 5. The van der Waals surface area contributed by atoms with Gasteiger partial charge in [-0.25, -0.2) is 8.78 Å². The summed E-state index contributed by atoms with van der Waals surface area (Å²) in [5, 5.41) is 4.77. The number of benzene rings is 2. The smallest absolute Gasteiger partial charge is 0.257 e. The van der Waals surface area contributed by atoms with E-state index in [2.05, 4.69) is 29.6 Å². The lowest BCUT2D eigenvalue weighted by Gasteiger charge is -2.32. The molecule has 28 heavy (non-hydrogen) atoms. The number of amides is 1. The van der Waals surface area contributed by atoms with Gasteiger partial charge in [-0.3, -0.25) is 4.79 Å². The Balaban J connectivity index is 1.53. The summed E-state index contributed by atoms with van der Waals surface area (Å²) in [6, 6.07) is 15.9. The second kappa shape index (κ2) is 8.20. The third-order valence-electron chi connectivity index (χ3n) is 5.29. The highest BCUT2D eigenvalue weighted by molar-refractivity contribution is 7.10. The molecule has 2 atom stereocenters. The van der Waals surface area contributed by atoms with Crippen LogP contribution in [0, 0.1) is 11.6 Å². The van der Waals surface area contributed by atoms with Crippen LogP contribution in [-0.2, 0) is 13.0 Å². The van der Waals surface area contributed by atoms with E-state index in [0.717, 1.165) is 36.5 Å². The van der Waals surface area contributed by atoms with E-state index in [9.17, 15) is 13.6 Å². The second-order valence-corrected chi connectivity index (χ2v) is 7.96. The summed E-state index contributed by atoms with van der Waals surface area (Å²) < 4.78 is 27.8. The van der Waals surface area contributed by atoms with Crippen molar-refractivity contribution in [2.45, 2.75) is 19.0 Å². The molecule has 0 spiro atoms. The Kier molecular flexibility index (Phi) is 5.50. The average molecular weight is 399 g/mol. The first kappa shape index (κ1) is 18.8. The Morgan fingerprint density at radius 1 is 1.04 bits per heavy atom. The molecule has 3 aromatic rings. The van der Waals surface area contributed by atoms with Crippen LogP contribution < -0.4 is 10.2 Å². The summed E-state index contributed by atoms with van der Waals surface area (Å²) >= 11 is 1.64. The van der Waals surface area contributed by atoms with Crippen LogP contribution in [0.2, 0.25) is 0 Å². The van der Waals surface area contributed by atoms with E-state index < -0.39 is 23.1 Å². The molecule has 144 valence electrons. The van der Waals surface area contributed by atoms with Crippen molar-refractivity contribution in [3.8, 4) is 0 Å². The fourth-order valence-electron chi connectivity index (χ4n) is 3.83. The lowest BCUT2D eigenvalue weighted by atomic mass is 9.98. The van der Waals surface area contributed by atoms with Crippen molar-refractivity contribution < 1.29 is 18.5 Å². The molecule has 4 rings (SSSR count). The summed E-state index contributed by atoms with van der Waals surface area (Å²) in [4.78, 5) is 14.9. The molecule has 1 amide bonds. The van der Waals surface area contributed by atoms with Crippen LogP contribution in [0.1, 0.15) is 32.4 Å². The predicted octanol–water partition coefficient (Wildman–Crippen LogP) is 3.14. The zero-order valence-electron chi connectivity index (χ0n) is 15.3. The van der Waals surface area contributed by atoms with Crippen molar-refractivity contribution in [1.82, 2.24) is 5.32 Å². The van der Waals surface area contributed by atoms with E-state index in [1.165, 1.54) is 22.1 Å². The minimum atomic E-state index is -0.843. The van der Waals surface area contributed by atoms with Crippen molar-refractivity contribution in [3.05, 3.63) is 93.2 Å². The predicted molar refractivity (Wildman–Crippen MR) is 105 cm³/mol. The van der Waals surface area contributed by atoms with Crippen LogP contribution in [-0.4, -0.2) is 19.0 Å². The van der Waals surface area contributed by atoms with Gasteiger partial charge in [0.25, 0.3) is 5.91 Å². The van der Waals surface area contributed by atoms with Crippen LogP contribution in [0.4, 0.5) is 8.78 Å². The van der Waals surface area contributed by atoms with Gasteiger partial charge in [0.2, 0.25) is 0 Å². The molecule has 2 aromatic carbocycles. The highest BCUT2D eigenvalue weighted by atomic mass is 32.1. The van der Waals surface area contributed by atoms with Crippen molar-refractivity contribution in [2.24, 2.45) is 0 Å². The van der Waals surface area contributed by atoms with Crippen molar-refractivity contribution in [3.63, 3.8) is 0 Å². The van der Waals surface area contributed by atoms with E-state index in [1.54, 1.807) is 11.3 Å². The molecule has 0 bridgehead atoms. The lowest BCUT2D eigenvalue weighted by Crippen LogP contribution is -3.12. The third kappa shape index (κ3) is 3.84. The number of carbonyl (C=O) groups excluding carboxylic acids is 1. The molecule has 0 radical (unpaired) electrons. The number of hydrogen-bond acceptors (Lipinski definition) is 2. The van der Waals surface area contributed by atoms with Gasteiger partial charge in [-0.15, -0.1) is 11.3 Å². The molecule has 2 heterocycles. The van der Waals surface area contributed by atoms with Gasteiger partial charge in [-0.1, -0.05) is 36.4 Å². The first-order valence-electron chi connectivity index (χ1n) is 9.30. The van der Waals surface area contributed by atoms with Gasteiger partial charge in [-0.2, -0.15) is 0 Å². The van der Waals surface area contributed by atoms with Gasteiger partial charge in [0, 0.05) is 12.0 Å². The SMILES string of the molecule is O=C(NC[C@H](c1cccs1)[NH+]1CCc2ccccc2C1)c1c(F)cccc1F. The van der Waals surface area contributed by atoms with Crippen molar-refractivity contribution in [1.29, 1.82) is 0 Å². The molecule has 0 fully saturated rings. The molecule has 0 saturated heterocycles. The molecule has 2 N–H and O–H groups in total. The Morgan fingerprint density at radius 2 is 1.79 bits per heavy atom. The molecule has 3 nitrogen and oxygen atoms in total. The maximum Gasteiger partial charge on any atom is 0.257 e. The fraction of sp³-hybridized carbons (Fsp3) is 0.227. The Labute approximate surface area is 166 Å². The number of hydrogen-bond donors (Lipinski definition) is 2. The number of fused-ring (bicyclic) bond motifs is 1. The lowest BCUT2D eigenvalue weighted by molar-refractivity contribution is -0.945. The molecule has 1 aliphatic rings. The summed E-state index contributed by atoms with van der Waals surface area (Å²) in [7, 11) is 0. The number of quaternary nitrogens is 1. The molecule has 1 aliphatic heterocycles. The fourth-order valence-corrected chi connectivity index (χ4v) is 4.72. The van der Waals surface area contributed by atoms with Crippen LogP contribution in [0.5, 0.6) is 0 Å². The molecule has 6 heteroatoms. The highest BCUT2D eigenvalue weighted by Crippen LogP contribution is 2.19. The number of carbonyl (C=O) groups is 1. The van der Waals surface area contributed by atoms with E-state index >= 15 is 0 Å². The minimum absolute atomic E-state index is 0.0344. The molecule has 1 unspecified atom stereocenters. The molecular weight excluding hydrogens is 378 g/mol. The average Bonchev–Trinajstić information content (AvgIpc) is 3.22. The van der Waals surface area contributed by atoms with Crippen molar-refractivity contribution >= 4 is 17.2 Å². The van der Waals surface area contributed by atoms with Gasteiger partial charge >= 0.3 is 0 Å². The molecule has 1 aromatic heterocycles. The largest absolute Gasteiger partial charge is 0.345 e. The Hall–Kier alpha value is -2.57. The zero-order chi connectivity index (χ0) is 19.5. The highest BCUT2D eigenvalue weighted by Gasteiger charge is 2.30. The minimum Gasteiger partial charge on any atom is -0.345 e. The summed E-state index contributed by atoms with van der Waals surface area (Å²) in [6.45, 7) is 2.14. The Bertz CT molecular complexity index is 954. The van der Waals surface area contributed by atoms with E-state index in [1.807, 2.05) is 17.5 Å². The summed E-state index contributed by atoms with van der Waals surface area (Å²) in [5.41, 5.74) is 2.16. The maximum absolute atomic E-state index is 13.9. The van der Waals surface area contributed by atoms with E-state index in [0.29, 0.717) is 6.54 Å². The van der Waals surface area contributed by atoms with Crippen LogP contribution in [0.15, 0.2) is 60.0 Å². The normalized spacial score (nSPS) is 17.0. The van der Waals surface area contributed by atoms with E-state index in [-0.39, 0.29) is 6.04 Å². The molecule has 0 aliphatic carbocycles. The van der Waals surface area contributed by atoms with Crippen molar-refractivity contribution in [2.75, 3.05) is 13.1 Å². The van der Waals surface area contributed by atoms with Gasteiger partial charge in [-0.05, 0) is 29.1 Å². The topological polar surface area (TPSA) is 33.5 Å². The standard InChI is InChI=1S/C22H20F2N2OS/c23-17-7-3-8-18(24)21(17)22(27)25-13-19(20-9-4-12-28-20)26-11-10-15-5-1-2-6-16(15)14-26/h1-9,12,19H,10-11,13-14H2,(H,25,27)/p+1/t19-/m1/s1. The van der Waals surface area contributed by atoms with Crippen LogP contribution in [0.3, 0.4) is 0 Å². The quantitative estimate of drug-likeness (QED) is 0.679. The number of nitrogens with one attached hydrogen (secondary N) is 2. The van der Waals surface area contributed by atoms with Crippen LogP contribution in [0.25, 0.3) is 0 Å². The molecular formula is C22H21F2N2OS+.